The second kappa shape index (κ2) is 10.3. The van der Waals surface area contributed by atoms with Crippen molar-refractivity contribution in [3.05, 3.63) is 65.4 Å². The lowest BCUT2D eigenvalue weighted by Crippen LogP contribution is -2.23. The number of amides is 2. The lowest BCUT2D eigenvalue weighted by molar-refractivity contribution is 0.262. The Morgan fingerprint density at radius 3 is 2.36 bits per heavy atom. The molecule has 1 heterocycles. The first-order valence-electron chi connectivity index (χ1n) is 11.6. The molecule has 7 nitrogen and oxygen atoms in total. The van der Waals surface area contributed by atoms with Crippen LogP contribution in [0.5, 0.6) is 0 Å². The van der Waals surface area contributed by atoms with Crippen molar-refractivity contribution in [3.63, 3.8) is 0 Å². The fourth-order valence-electron chi connectivity index (χ4n) is 4.08. The molecule has 3 aromatic rings. The summed E-state index contributed by atoms with van der Waals surface area (Å²) in [6, 6.07) is 15.5. The van der Waals surface area contributed by atoms with E-state index in [9.17, 15) is 4.79 Å². The molecule has 1 aliphatic rings. The summed E-state index contributed by atoms with van der Waals surface area (Å²) < 4.78 is 0. The quantitative estimate of drug-likeness (QED) is 0.347. The molecule has 7 heteroatoms. The number of nitrogens with zero attached hydrogens (tertiary/aromatic N) is 2. The zero-order valence-electron chi connectivity index (χ0n) is 19.5. The third kappa shape index (κ3) is 6.22. The van der Waals surface area contributed by atoms with Crippen LogP contribution in [0.15, 0.2) is 48.5 Å². The van der Waals surface area contributed by atoms with Crippen LogP contribution in [0.25, 0.3) is 0 Å². The second-order valence-corrected chi connectivity index (χ2v) is 8.73. The second-order valence-electron chi connectivity index (χ2n) is 8.73. The van der Waals surface area contributed by atoms with Gasteiger partial charge in [-0.3, -0.25) is 0 Å². The summed E-state index contributed by atoms with van der Waals surface area (Å²) in [5.74, 6) is 1.42. The Morgan fingerprint density at radius 1 is 0.879 bits per heavy atom. The van der Waals surface area contributed by atoms with Gasteiger partial charge in [0.2, 0.25) is 5.95 Å². The molecule has 4 N–H and O–H groups in total. The van der Waals surface area contributed by atoms with Gasteiger partial charge in [-0.2, -0.15) is 4.98 Å². The highest BCUT2D eigenvalue weighted by molar-refractivity contribution is 6.00. The Balaban J connectivity index is 1.36. The maximum absolute atomic E-state index is 12.4. The molecule has 0 radical (unpaired) electrons. The van der Waals surface area contributed by atoms with Gasteiger partial charge in [-0.15, -0.1) is 0 Å². The van der Waals surface area contributed by atoms with E-state index in [0.29, 0.717) is 17.7 Å². The fraction of sp³-hybridized carbons (Fsp3) is 0.346. The van der Waals surface area contributed by atoms with E-state index in [-0.39, 0.29) is 6.03 Å². The summed E-state index contributed by atoms with van der Waals surface area (Å²) in [7, 11) is 0. The molecule has 0 unspecified atom stereocenters. The SMILES string of the molecule is Cc1cc(Nc2ccc(NC(=O)Nc3cccc(C)c3C)cc2)nc(NC2CCCCC2)n1. The number of urea groups is 1. The fourth-order valence-corrected chi connectivity index (χ4v) is 4.08. The molecule has 0 aliphatic heterocycles. The summed E-state index contributed by atoms with van der Waals surface area (Å²) in [6.07, 6.45) is 6.18. The highest BCUT2D eigenvalue weighted by atomic mass is 16.2. The minimum absolute atomic E-state index is 0.269. The van der Waals surface area contributed by atoms with Crippen LogP contribution in [0.2, 0.25) is 0 Å². The van der Waals surface area contributed by atoms with Gasteiger partial charge in [0.1, 0.15) is 5.82 Å². The lowest BCUT2D eigenvalue weighted by atomic mass is 9.96. The Labute approximate surface area is 195 Å². The molecule has 1 aliphatic carbocycles. The van der Waals surface area contributed by atoms with E-state index in [4.69, 9.17) is 0 Å². The van der Waals surface area contributed by atoms with Crippen LogP contribution >= 0.6 is 0 Å². The van der Waals surface area contributed by atoms with Gasteiger partial charge in [-0.25, -0.2) is 9.78 Å². The zero-order chi connectivity index (χ0) is 23.2. The smallest absolute Gasteiger partial charge is 0.323 e. The predicted octanol–water partition coefficient (Wildman–Crippen LogP) is 6.53. The van der Waals surface area contributed by atoms with Gasteiger partial charge in [0.15, 0.2) is 0 Å². The molecule has 0 spiro atoms. The molecule has 4 rings (SSSR count). The van der Waals surface area contributed by atoms with Crippen molar-refractivity contribution < 1.29 is 4.79 Å². The van der Waals surface area contributed by atoms with Crippen molar-refractivity contribution in [2.75, 3.05) is 21.3 Å². The molecule has 0 saturated heterocycles. The van der Waals surface area contributed by atoms with Gasteiger partial charge in [0.25, 0.3) is 0 Å². The Hall–Kier alpha value is -3.61. The minimum atomic E-state index is -0.269. The van der Waals surface area contributed by atoms with Crippen molar-refractivity contribution in [2.24, 2.45) is 0 Å². The summed E-state index contributed by atoms with van der Waals surface area (Å²) in [4.78, 5) is 21.6. The molecular formula is C26H32N6O. The van der Waals surface area contributed by atoms with Crippen molar-refractivity contribution in [3.8, 4) is 0 Å². The molecule has 172 valence electrons. The molecule has 0 atom stereocenters. The number of hydrogen-bond acceptors (Lipinski definition) is 5. The first-order chi connectivity index (χ1) is 16.0. The standard InChI is InChI=1S/C26H32N6O/c1-17-8-7-11-23(19(17)3)31-26(33)30-22-14-12-21(13-15-22)28-24-16-18(2)27-25(32-24)29-20-9-5-4-6-10-20/h7-8,11-16,20H,4-6,9-10H2,1-3H3,(H2,30,31,33)(H2,27,28,29,32). The number of carbonyl (C=O) groups is 1. The lowest BCUT2D eigenvalue weighted by Gasteiger charge is -2.23. The van der Waals surface area contributed by atoms with Crippen molar-refractivity contribution >= 4 is 34.9 Å². The Bertz CT molecular complexity index is 1110. The van der Waals surface area contributed by atoms with E-state index in [1.54, 1.807) is 0 Å². The van der Waals surface area contributed by atoms with E-state index in [2.05, 4.69) is 31.2 Å². The summed E-state index contributed by atoms with van der Waals surface area (Å²) in [5, 5.41) is 12.6. The van der Waals surface area contributed by atoms with Crippen molar-refractivity contribution in [1.82, 2.24) is 9.97 Å². The third-order valence-corrected chi connectivity index (χ3v) is 6.06. The number of anilines is 5. The van der Waals surface area contributed by atoms with Crippen molar-refractivity contribution in [2.45, 2.75) is 58.9 Å². The van der Waals surface area contributed by atoms with Crippen LogP contribution in [0, 0.1) is 20.8 Å². The number of aromatic nitrogens is 2. The number of hydrogen-bond donors (Lipinski definition) is 4. The first kappa shape index (κ1) is 22.6. The molecule has 1 fully saturated rings. The highest BCUT2D eigenvalue weighted by Crippen LogP contribution is 2.23. The monoisotopic (exact) mass is 444 g/mol. The maximum Gasteiger partial charge on any atom is 0.323 e. The molecule has 1 aromatic heterocycles. The van der Waals surface area contributed by atoms with Crippen LogP contribution in [0.3, 0.4) is 0 Å². The van der Waals surface area contributed by atoms with Gasteiger partial charge in [-0.1, -0.05) is 31.4 Å². The maximum atomic E-state index is 12.4. The van der Waals surface area contributed by atoms with Gasteiger partial charge in [0, 0.05) is 34.9 Å². The van der Waals surface area contributed by atoms with Crippen molar-refractivity contribution in [1.29, 1.82) is 0 Å². The summed E-state index contributed by atoms with van der Waals surface area (Å²) >= 11 is 0. The average Bonchev–Trinajstić information content (AvgIpc) is 2.78. The summed E-state index contributed by atoms with van der Waals surface area (Å²) in [6.45, 7) is 6.00. The molecular weight excluding hydrogens is 412 g/mol. The molecule has 0 bridgehead atoms. The highest BCUT2D eigenvalue weighted by Gasteiger charge is 2.15. The normalized spacial score (nSPS) is 13.9. The van der Waals surface area contributed by atoms with E-state index in [1.165, 1.54) is 32.1 Å². The minimum Gasteiger partial charge on any atom is -0.351 e. The number of benzene rings is 2. The van der Waals surface area contributed by atoms with E-state index < -0.39 is 0 Å². The predicted molar refractivity (Wildman–Crippen MR) is 136 cm³/mol. The molecule has 2 amide bonds. The van der Waals surface area contributed by atoms with Crippen LogP contribution in [-0.2, 0) is 0 Å². The summed E-state index contributed by atoms with van der Waals surface area (Å²) in [5.41, 5.74) is 5.51. The number of carbonyl (C=O) groups excluding carboxylic acids is 1. The van der Waals surface area contributed by atoms with Crippen LogP contribution in [0.4, 0.5) is 33.6 Å². The van der Waals surface area contributed by atoms with Gasteiger partial charge in [0.05, 0.1) is 0 Å². The van der Waals surface area contributed by atoms with E-state index in [1.807, 2.05) is 69.3 Å². The topological polar surface area (TPSA) is 91.0 Å². The molecule has 2 aromatic carbocycles. The average molecular weight is 445 g/mol. The Morgan fingerprint density at radius 2 is 1.61 bits per heavy atom. The van der Waals surface area contributed by atoms with Crippen LogP contribution in [-0.4, -0.2) is 22.0 Å². The third-order valence-electron chi connectivity index (χ3n) is 6.06. The van der Waals surface area contributed by atoms with Gasteiger partial charge >= 0.3 is 6.03 Å². The molecule has 1 saturated carbocycles. The van der Waals surface area contributed by atoms with Gasteiger partial charge in [-0.05, 0) is 75.1 Å². The number of nitrogens with one attached hydrogen (secondary N) is 4. The number of aryl methyl sites for hydroxylation is 2. The number of rotatable bonds is 6. The zero-order valence-corrected chi connectivity index (χ0v) is 19.5. The van der Waals surface area contributed by atoms with Crippen LogP contribution in [0.1, 0.15) is 48.9 Å². The van der Waals surface area contributed by atoms with E-state index >= 15 is 0 Å². The van der Waals surface area contributed by atoms with Crippen LogP contribution < -0.4 is 21.3 Å². The van der Waals surface area contributed by atoms with E-state index in [0.717, 1.165) is 34.0 Å². The molecule has 33 heavy (non-hydrogen) atoms. The van der Waals surface area contributed by atoms with Gasteiger partial charge < -0.3 is 21.3 Å². The largest absolute Gasteiger partial charge is 0.351 e. The first-order valence-corrected chi connectivity index (χ1v) is 11.6. The Kier molecular flexibility index (Phi) is 7.07.